The molecular formula is C19H22O3. The summed E-state index contributed by atoms with van der Waals surface area (Å²) in [6, 6.07) is 14.5. The van der Waals surface area contributed by atoms with Crippen molar-refractivity contribution in [1.29, 1.82) is 0 Å². The predicted octanol–water partition coefficient (Wildman–Crippen LogP) is 3.19. The van der Waals surface area contributed by atoms with E-state index in [1.165, 1.54) is 16.7 Å². The number of rotatable bonds is 5. The van der Waals surface area contributed by atoms with Crippen molar-refractivity contribution in [3.63, 3.8) is 0 Å². The second-order valence-corrected chi connectivity index (χ2v) is 5.87. The Bertz CT molecular complexity index is 634. The van der Waals surface area contributed by atoms with Crippen molar-refractivity contribution in [3.05, 3.63) is 59.2 Å². The summed E-state index contributed by atoms with van der Waals surface area (Å²) in [7, 11) is 3.37. The maximum atomic E-state index is 9.74. The molecule has 0 heterocycles. The van der Waals surface area contributed by atoms with Crippen molar-refractivity contribution in [2.24, 2.45) is 5.92 Å². The van der Waals surface area contributed by atoms with E-state index in [1.807, 2.05) is 18.2 Å². The first kappa shape index (κ1) is 14.9. The normalized spacial score (nSPS) is 19.8. The Hall–Kier alpha value is -2.00. The summed E-state index contributed by atoms with van der Waals surface area (Å²) in [5, 5.41) is 9.74. The third-order valence-electron chi connectivity index (χ3n) is 4.65. The molecule has 0 saturated carbocycles. The van der Waals surface area contributed by atoms with Crippen molar-refractivity contribution >= 4 is 0 Å². The van der Waals surface area contributed by atoms with Gasteiger partial charge in [-0.25, -0.2) is 0 Å². The highest BCUT2D eigenvalue weighted by Crippen LogP contribution is 2.41. The van der Waals surface area contributed by atoms with Crippen LogP contribution in [0.3, 0.4) is 0 Å². The van der Waals surface area contributed by atoms with Crippen LogP contribution in [-0.4, -0.2) is 25.9 Å². The van der Waals surface area contributed by atoms with Gasteiger partial charge in [0.05, 0.1) is 14.2 Å². The number of ether oxygens (including phenoxy) is 2. The standard InChI is InChI=1S/C19H22O3/c1-21-16-5-3-13(4-6-16)9-19-15(12-20)10-14-11-17(22-2)7-8-18(14)19/h3-8,11,15,19-20H,9-10,12H2,1-2H3/t15-,19+/m1/s1. The summed E-state index contributed by atoms with van der Waals surface area (Å²) < 4.78 is 10.5. The molecule has 0 spiro atoms. The smallest absolute Gasteiger partial charge is 0.119 e. The summed E-state index contributed by atoms with van der Waals surface area (Å²) in [5.74, 6) is 2.41. The second-order valence-electron chi connectivity index (χ2n) is 5.87. The molecule has 0 unspecified atom stereocenters. The van der Waals surface area contributed by atoms with Gasteiger partial charge in [-0.1, -0.05) is 18.2 Å². The van der Waals surface area contributed by atoms with E-state index in [0.717, 1.165) is 24.3 Å². The zero-order chi connectivity index (χ0) is 15.5. The van der Waals surface area contributed by atoms with E-state index in [9.17, 15) is 5.11 Å². The van der Waals surface area contributed by atoms with Crippen molar-refractivity contribution < 1.29 is 14.6 Å². The molecule has 3 heteroatoms. The first-order valence-electron chi connectivity index (χ1n) is 7.65. The van der Waals surface area contributed by atoms with Crippen LogP contribution in [0.1, 0.15) is 22.6 Å². The van der Waals surface area contributed by atoms with Crippen LogP contribution in [-0.2, 0) is 12.8 Å². The monoisotopic (exact) mass is 298 g/mol. The number of hydrogen-bond donors (Lipinski definition) is 1. The van der Waals surface area contributed by atoms with Gasteiger partial charge in [0.15, 0.2) is 0 Å². The summed E-state index contributed by atoms with van der Waals surface area (Å²) in [6.45, 7) is 0.220. The molecule has 0 aromatic heterocycles. The van der Waals surface area contributed by atoms with Gasteiger partial charge in [-0.15, -0.1) is 0 Å². The quantitative estimate of drug-likeness (QED) is 0.921. The molecule has 0 saturated heterocycles. The first-order chi connectivity index (χ1) is 10.7. The largest absolute Gasteiger partial charge is 0.497 e. The lowest BCUT2D eigenvalue weighted by Gasteiger charge is -2.19. The Morgan fingerprint density at radius 3 is 2.32 bits per heavy atom. The third-order valence-corrected chi connectivity index (χ3v) is 4.65. The number of aliphatic hydroxyl groups is 1. The minimum atomic E-state index is 0.220. The van der Waals surface area contributed by atoms with E-state index in [-0.39, 0.29) is 12.5 Å². The molecule has 116 valence electrons. The Kier molecular flexibility index (Phi) is 4.34. The average molecular weight is 298 g/mol. The van der Waals surface area contributed by atoms with Gasteiger partial charge in [0.2, 0.25) is 0 Å². The molecule has 1 aliphatic carbocycles. The van der Waals surface area contributed by atoms with E-state index in [0.29, 0.717) is 5.92 Å². The van der Waals surface area contributed by atoms with E-state index in [1.54, 1.807) is 14.2 Å². The zero-order valence-electron chi connectivity index (χ0n) is 13.1. The van der Waals surface area contributed by atoms with Gasteiger partial charge >= 0.3 is 0 Å². The zero-order valence-corrected chi connectivity index (χ0v) is 13.1. The van der Waals surface area contributed by atoms with Crippen LogP contribution >= 0.6 is 0 Å². The highest BCUT2D eigenvalue weighted by atomic mass is 16.5. The lowest BCUT2D eigenvalue weighted by atomic mass is 9.87. The molecule has 1 aliphatic rings. The fourth-order valence-corrected chi connectivity index (χ4v) is 3.41. The number of hydrogen-bond acceptors (Lipinski definition) is 3. The maximum Gasteiger partial charge on any atom is 0.119 e. The van der Waals surface area contributed by atoms with Crippen LogP contribution in [0.2, 0.25) is 0 Å². The highest BCUT2D eigenvalue weighted by Gasteiger charge is 2.32. The molecule has 22 heavy (non-hydrogen) atoms. The molecule has 2 aromatic carbocycles. The van der Waals surface area contributed by atoms with Crippen LogP contribution in [0.15, 0.2) is 42.5 Å². The molecule has 0 fully saturated rings. The second kappa shape index (κ2) is 6.41. The minimum absolute atomic E-state index is 0.220. The molecule has 3 nitrogen and oxygen atoms in total. The third kappa shape index (κ3) is 2.81. The van der Waals surface area contributed by atoms with E-state index >= 15 is 0 Å². The first-order valence-corrected chi connectivity index (χ1v) is 7.65. The Morgan fingerprint density at radius 2 is 1.68 bits per heavy atom. The Balaban J connectivity index is 1.85. The predicted molar refractivity (Wildman–Crippen MR) is 86.7 cm³/mol. The SMILES string of the molecule is COc1ccc(C[C@@H]2c3ccc(OC)cc3C[C@@H]2CO)cc1. The Labute approximate surface area is 131 Å². The molecule has 0 bridgehead atoms. The topological polar surface area (TPSA) is 38.7 Å². The van der Waals surface area contributed by atoms with Crippen LogP contribution in [0, 0.1) is 5.92 Å². The molecule has 1 N–H and O–H groups in total. The van der Waals surface area contributed by atoms with E-state index in [4.69, 9.17) is 9.47 Å². The summed E-state index contributed by atoms with van der Waals surface area (Å²) >= 11 is 0. The van der Waals surface area contributed by atoms with Crippen LogP contribution in [0.4, 0.5) is 0 Å². The summed E-state index contributed by atoms with van der Waals surface area (Å²) in [5.41, 5.74) is 3.92. The fourth-order valence-electron chi connectivity index (χ4n) is 3.41. The van der Waals surface area contributed by atoms with Crippen molar-refractivity contribution in [2.45, 2.75) is 18.8 Å². The summed E-state index contributed by atoms with van der Waals surface area (Å²) in [4.78, 5) is 0. The number of aliphatic hydroxyl groups excluding tert-OH is 1. The highest BCUT2D eigenvalue weighted by molar-refractivity contribution is 5.43. The van der Waals surface area contributed by atoms with Gasteiger partial charge in [-0.2, -0.15) is 0 Å². The maximum absolute atomic E-state index is 9.74. The van der Waals surface area contributed by atoms with Gasteiger partial charge in [0.1, 0.15) is 11.5 Å². The van der Waals surface area contributed by atoms with Gasteiger partial charge < -0.3 is 14.6 Å². The van der Waals surface area contributed by atoms with Gasteiger partial charge in [0, 0.05) is 6.61 Å². The van der Waals surface area contributed by atoms with Crippen LogP contribution < -0.4 is 9.47 Å². The molecule has 0 aliphatic heterocycles. The minimum Gasteiger partial charge on any atom is -0.497 e. The van der Waals surface area contributed by atoms with E-state index in [2.05, 4.69) is 24.3 Å². The molecule has 2 atom stereocenters. The van der Waals surface area contributed by atoms with Gasteiger partial charge in [0.25, 0.3) is 0 Å². The van der Waals surface area contributed by atoms with Crippen molar-refractivity contribution in [1.82, 2.24) is 0 Å². The van der Waals surface area contributed by atoms with Crippen molar-refractivity contribution in [3.8, 4) is 11.5 Å². The molecular weight excluding hydrogens is 276 g/mol. The molecule has 3 rings (SSSR count). The number of benzene rings is 2. The Morgan fingerprint density at radius 1 is 1.00 bits per heavy atom. The van der Waals surface area contributed by atoms with Gasteiger partial charge in [-0.05, 0) is 65.6 Å². The van der Waals surface area contributed by atoms with Crippen LogP contribution in [0.5, 0.6) is 11.5 Å². The average Bonchev–Trinajstić information content (AvgIpc) is 2.92. The summed E-state index contributed by atoms with van der Waals surface area (Å²) in [6.07, 6.45) is 1.86. The molecule has 2 aromatic rings. The lowest BCUT2D eigenvalue weighted by Crippen LogP contribution is -2.14. The van der Waals surface area contributed by atoms with Gasteiger partial charge in [-0.3, -0.25) is 0 Å². The van der Waals surface area contributed by atoms with E-state index < -0.39 is 0 Å². The van der Waals surface area contributed by atoms with Crippen molar-refractivity contribution in [2.75, 3.05) is 20.8 Å². The van der Waals surface area contributed by atoms with Crippen LogP contribution in [0.25, 0.3) is 0 Å². The fraction of sp³-hybridized carbons (Fsp3) is 0.368. The lowest BCUT2D eigenvalue weighted by molar-refractivity contribution is 0.211. The molecule has 0 amide bonds. The molecule has 0 radical (unpaired) electrons. The number of methoxy groups -OCH3 is 2. The number of fused-ring (bicyclic) bond motifs is 1.